The molecule has 0 aliphatic rings. The van der Waals surface area contributed by atoms with E-state index in [0.29, 0.717) is 23.2 Å². The van der Waals surface area contributed by atoms with E-state index in [2.05, 4.69) is 15.3 Å². The Kier molecular flexibility index (Phi) is 3.19. The van der Waals surface area contributed by atoms with Crippen LogP contribution in [0.3, 0.4) is 0 Å². The number of H-pyrrole nitrogens is 1. The molecule has 2 aromatic heterocycles. The first kappa shape index (κ1) is 14.3. The Labute approximate surface area is 135 Å². The maximum absolute atomic E-state index is 12.3. The van der Waals surface area contributed by atoms with Crippen LogP contribution in [0.15, 0.2) is 51.9 Å². The normalized spacial score (nSPS) is 11.2. The molecule has 0 spiro atoms. The lowest BCUT2D eigenvalue weighted by Crippen LogP contribution is -2.22. The molecule has 0 atom stereocenters. The van der Waals surface area contributed by atoms with Crippen molar-refractivity contribution >= 4 is 28.0 Å². The Balaban J connectivity index is 1.54. The number of nitrogens with zero attached hydrogens (tertiary/aromatic N) is 2. The first-order valence-corrected chi connectivity index (χ1v) is 7.41. The summed E-state index contributed by atoms with van der Waals surface area (Å²) < 4.78 is 6.53. The van der Waals surface area contributed by atoms with Crippen molar-refractivity contribution in [1.29, 1.82) is 0 Å². The number of amides is 1. The highest BCUT2D eigenvalue weighted by Gasteiger charge is 2.09. The van der Waals surface area contributed by atoms with E-state index < -0.39 is 5.76 Å². The van der Waals surface area contributed by atoms with Crippen LogP contribution in [-0.2, 0) is 13.6 Å². The summed E-state index contributed by atoms with van der Waals surface area (Å²) in [6.07, 6.45) is 1.59. The number of aromatic amines is 1. The molecule has 0 saturated heterocycles. The van der Waals surface area contributed by atoms with Crippen LogP contribution in [0.1, 0.15) is 15.9 Å². The van der Waals surface area contributed by atoms with Crippen LogP contribution in [0, 0.1) is 0 Å². The second kappa shape index (κ2) is 5.38. The average molecular weight is 322 g/mol. The molecule has 120 valence electrons. The average Bonchev–Trinajstić information content (AvgIpc) is 3.17. The minimum Gasteiger partial charge on any atom is -0.408 e. The molecule has 0 aliphatic carbocycles. The van der Waals surface area contributed by atoms with Gasteiger partial charge in [0.1, 0.15) is 0 Å². The van der Waals surface area contributed by atoms with Gasteiger partial charge in [0.05, 0.1) is 22.9 Å². The summed E-state index contributed by atoms with van der Waals surface area (Å²) in [5.74, 6) is -0.577. The third-order valence-electron chi connectivity index (χ3n) is 3.99. The Morgan fingerprint density at radius 3 is 3.04 bits per heavy atom. The van der Waals surface area contributed by atoms with Gasteiger partial charge in [0.2, 0.25) is 0 Å². The molecule has 7 heteroatoms. The predicted octanol–water partition coefficient (Wildman–Crippen LogP) is 1.94. The van der Waals surface area contributed by atoms with E-state index in [9.17, 15) is 9.59 Å². The van der Waals surface area contributed by atoms with Gasteiger partial charge in [-0.25, -0.2) is 9.78 Å². The highest BCUT2D eigenvalue weighted by Crippen LogP contribution is 2.15. The van der Waals surface area contributed by atoms with Crippen molar-refractivity contribution in [3.05, 3.63) is 64.4 Å². The van der Waals surface area contributed by atoms with Gasteiger partial charge in [-0.3, -0.25) is 9.36 Å². The lowest BCUT2D eigenvalue weighted by molar-refractivity contribution is 0.0951. The van der Waals surface area contributed by atoms with Gasteiger partial charge < -0.3 is 14.7 Å². The van der Waals surface area contributed by atoms with E-state index in [1.54, 1.807) is 37.6 Å². The zero-order valence-corrected chi connectivity index (χ0v) is 12.9. The van der Waals surface area contributed by atoms with Gasteiger partial charge in [0.25, 0.3) is 5.91 Å². The number of fused-ring (bicyclic) bond motifs is 2. The van der Waals surface area contributed by atoms with Crippen LogP contribution < -0.4 is 11.1 Å². The Morgan fingerprint density at radius 1 is 1.29 bits per heavy atom. The molecule has 2 N–H and O–H groups in total. The fourth-order valence-electron chi connectivity index (χ4n) is 2.64. The predicted molar refractivity (Wildman–Crippen MR) is 88.7 cm³/mol. The van der Waals surface area contributed by atoms with E-state index in [1.165, 1.54) is 4.57 Å². The standard InChI is InChI=1S/C17H14N4O3/c1-21-14-6-10(2-5-15(14)24-17(21)23)8-18-16(22)11-3-4-12-13(7-11)20-9-19-12/h2-7,9H,8H2,1H3,(H,18,22)(H,19,20). The topological polar surface area (TPSA) is 92.9 Å². The summed E-state index contributed by atoms with van der Waals surface area (Å²) in [6.45, 7) is 0.356. The van der Waals surface area contributed by atoms with Crippen molar-refractivity contribution in [3.63, 3.8) is 0 Å². The van der Waals surface area contributed by atoms with Gasteiger partial charge in [-0.1, -0.05) is 6.07 Å². The minimum atomic E-state index is -0.404. The van der Waals surface area contributed by atoms with Crippen LogP contribution in [0.25, 0.3) is 22.1 Å². The number of hydrogen-bond donors (Lipinski definition) is 2. The lowest BCUT2D eigenvalue weighted by Gasteiger charge is -2.06. The molecule has 2 aromatic carbocycles. The summed E-state index contributed by atoms with van der Waals surface area (Å²) in [5, 5.41) is 2.87. The van der Waals surface area contributed by atoms with Crippen molar-refractivity contribution < 1.29 is 9.21 Å². The molecule has 0 saturated carbocycles. The lowest BCUT2D eigenvalue weighted by atomic mass is 10.1. The molecule has 24 heavy (non-hydrogen) atoms. The van der Waals surface area contributed by atoms with Crippen LogP contribution in [0.5, 0.6) is 0 Å². The fourth-order valence-corrected chi connectivity index (χ4v) is 2.64. The first-order chi connectivity index (χ1) is 11.6. The third-order valence-corrected chi connectivity index (χ3v) is 3.99. The second-order valence-corrected chi connectivity index (χ2v) is 5.55. The number of aryl methyl sites for hydroxylation is 1. The number of nitrogens with one attached hydrogen (secondary N) is 2. The van der Waals surface area contributed by atoms with E-state index in [0.717, 1.165) is 16.6 Å². The molecule has 0 radical (unpaired) electrons. The molecule has 1 amide bonds. The Bertz CT molecular complexity index is 1120. The number of aromatic nitrogens is 3. The van der Waals surface area contributed by atoms with E-state index in [-0.39, 0.29) is 5.91 Å². The number of carbonyl (C=O) groups excluding carboxylic acids is 1. The van der Waals surface area contributed by atoms with Crippen LogP contribution >= 0.6 is 0 Å². The molecule has 0 unspecified atom stereocenters. The Morgan fingerprint density at radius 2 is 2.17 bits per heavy atom. The summed E-state index contributed by atoms with van der Waals surface area (Å²) in [6, 6.07) is 10.7. The number of carbonyl (C=O) groups is 1. The summed E-state index contributed by atoms with van der Waals surface area (Å²) in [4.78, 5) is 30.9. The number of benzene rings is 2. The van der Waals surface area contributed by atoms with Gasteiger partial charge in [0, 0.05) is 19.2 Å². The molecule has 4 aromatic rings. The maximum Gasteiger partial charge on any atom is 0.419 e. The monoisotopic (exact) mass is 322 g/mol. The van der Waals surface area contributed by atoms with Crippen LogP contribution in [0.2, 0.25) is 0 Å². The van der Waals surface area contributed by atoms with Crippen molar-refractivity contribution in [1.82, 2.24) is 19.9 Å². The fraction of sp³-hybridized carbons (Fsp3) is 0.118. The number of hydrogen-bond acceptors (Lipinski definition) is 4. The molecule has 7 nitrogen and oxygen atoms in total. The molecular formula is C17H14N4O3. The summed E-state index contributed by atoms with van der Waals surface area (Å²) in [7, 11) is 1.65. The van der Waals surface area contributed by atoms with Crippen molar-refractivity contribution in [3.8, 4) is 0 Å². The SMILES string of the molecule is Cn1c(=O)oc2ccc(CNC(=O)c3ccc4nc[nH]c4c3)cc21. The van der Waals surface area contributed by atoms with Crippen molar-refractivity contribution in [2.24, 2.45) is 7.05 Å². The third kappa shape index (κ3) is 2.36. The van der Waals surface area contributed by atoms with E-state index >= 15 is 0 Å². The second-order valence-electron chi connectivity index (χ2n) is 5.55. The van der Waals surface area contributed by atoms with Gasteiger partial charge in [0.15, 0.2) is 5.58 Å². The van der Waals surface area contributed by atoms with E-state index in [1.807, 2.05) is 12.1 Å². The number of oxazole rings is 1. The number of imidazole rings is 1. The molecule has 0 aliphatic heterocycles. The molecule has 4 rings (SSSR count). The molecular weight excluding hydrogens is 308 g/mol. The highest BCUT2D eigenvalue weighted by molar-refractivity contribution is 5.97. The maximum atomic E-state index is 12.3. The zero-order chi connectivity index (χ0) is 16.7. The van der Waals surface area contributed by atoms with Gasteiger partial charge in [-0.15, -0.1) is 0 Å². The first-order valence-electron chi connectivity index (χ1n) is 7.41. The number of rotatable bonds is 3. The molecule has 2 heterocycles. The largest absolute Gasteiger partial charge is 0.419 e. The van der Waals surface area contributed by atoms with Crippen LogP contribution in [-0.4, -0.2) is 20.4 Å². The summed E-state index contributed by atoms with van der Waals surface area (Å²) in [5.41, 5.74) is 4.31. The zero-order valence-electron chi connectivity index (χ0n) is 12.9. The van der Waals surface area contributed by atoms with Crippen LogP contribution in [0.4, 0.5) is 0 Å². The van der Waals surface area contributed by atoms with E-state index in [4.69, 9.17) is 4.42 Å². The summed E-state index contributed by atoms with van der Waals surface area (Å²) >= 11 is 0. The van der Waals surface area contributed by atoms with Crippen molar-refractivity contribution in [2.45, 2.75) is 6.54 Å². The molecule has 0 fully saturated rings. The molecule has 0 bridgehead atoms. The quantitative estimate of drug-likeness (QED) is 0.603. The van der Waals surface area contributed by atoms with Gasteiger partial charge in [-0.05, 0) is 35.9 Å². The smallest absolute Gasteiger partial charge is 0.408 e. The highest BCUT2D eigenvalue weighted by atomic mass is 16.4. The minimum absolute atomic E-state index is 0.173. The Hall–Kier alpha value is -3.35. The van der Waals surface area contributed by atoms with Crippen molar-refractivity contribution in [2.75, 3.05) is 0 Å². The van der Waals surface area contributed by atoms with Gasteiger partial charge >= 0.3 is 5.76 Å². The van der Waals surface area contributed by atoms with Gasteiger partial charge in [-0.2, -0.15) is 0 Å².